The molecule has 1 aliphatic rings. The molecule has 4 rings (SSSR count). The van der Waals surface area contributed by atoms with Gasteiger partial charge in [-0.2, -0.15) is 4.98 Å². The lowest BCUT2D eigenvalue weighted by molar-refractivity contribution is 0.102. The Hall–Kier alpha value is -2.82. The third kappa shape index (κ3) is 2.73. The van der Waals surface area contributed by atoms with Gasteiger partial charge in [-0.1, -0.05) is 0 Å². The fourth-order valence-corrected chi connectivity index (χ4v) is 3.05. The summed E-state index contributed by atoms with van der Waals surface area (Å²) in [7, 11) is 0. The molecular formula is C13H9ClN8OS. The lowest BCUT2D eigenvalue weighted by atomic mass is 10.3. The number of amides is 1. The summed E-state index contributed by atoms with van der Waals surface area (Å²) in [5, 5.41) is 6.09. The van der Waals surface area contributed by atoms with Crippen LogP contribution in [0.25, 0.3) is 10.2 Å². The number of hydrogen-bond donors (Lipinski definition) is 3. The molecule has 9 nitrogen and oxygen atoms in total. The predicted molar refractivity (Wildman–Crippen MR) is 90.3 cm³/mol. The highest BCUT2D eigenvalue weighted by atomic mass is 35.5. The molecule has 24 heavy (non-hydrogen) atoms. The summed E-state index contributed by atoms with van der Waals surface area (Å²) in [4.78, 5) is 28.8. The number of halogens is 1. The topological polar surface area (TPSA) is 108 Å². The van der Waals surface area contributed by atoms with Gasteiger partial charge in [0.2, 0.25) is 11.2 Å². The summed E-state index contributed by atoms with van der Waals surface area (Å²) in [6, 6.07) is 1.70. The van der Waals surface area contributed by atoms with E-state index in [1.54, 1.807) is 41.2 Å². The van der Waals surface area contributed by atoms with Crippen LogP contribution in [0.4, 0.5) is 11.8 Å². The fraction of sp³-hybridized carbons (Fsp3) is 0. The molecule has 0 aliphatic carbocycles. The number of hydrogen-bond acceptors (Lipinski definition) is 9. The number of nitrogens with zero attached hydrogens (tertiary/aromatic N) is 5. The number of anilines is 2. The van der Waals surface area contributed by atoms with E-state index < -0.39 is 0 Å². The van der Waals surface area contributed by atoms with Crippen molar-refractivity contribution in [3.8, 4) is 0 Å². The number of rotatable bonds is 3. The Labute approximate surface area is 144 Å². The van der Waals surface area contributed by atoms with Crippen LogP contribution in [0.15, 0.2) is 36.2 Å². The van der Waals surface area contributed by atoms with E-state index in [0.29, 0.717) is 16.9 Å². The van der Waals surface area contributed by atoms with Crippen LogP contribution in [0.3, 0.4) is 0 Å². The van der Waals surface area contributed by atoms with Crippen LogP contribution < -0.4 is 21.3 Å². The Morgan fingerprint density at radius 2 is 2.25 bits per heavy atom. The molecule has 11 heteroatoms. The molecule has 0 unspecified atom stereocenters. The number of carbonyl (C=O) groups excluding carboxylic acids is 1. The largest absolute Gasteiger partial charge is 0.309 e. The third-order valence-corrected chi connectivity index (χ3v) is 4.22. The van der Waals surface area contributed by atoms with Crippen molar-refractivity contribution in [2.75, 3.05) is 10.3 Å². The molecule has 0 saturated carbocycles. The molecule has 3 N–H and O–H groups in total. The summed E-state index contributed by atoms with van der Waals surface area (Å²) < 4.78 is 0.775. The lowest BCUT2D eigenvalue weighted by Gasteiger charge is -2.14. The van der Waals surface area contributed by atoms with E-state index >= 15 is 0 Å². The SMILES string of the molecule is O=C(Nc1nccc(N2C=CNN2)n1)c1csc2cnc(Cl)nc12. The first-order valence-electron chi connectivity index (χ1n) is 6.72. The van der Waals surface area contributed by atoms with Crippen LogP contribution >= 0.6 is 22.9 Å². The molecule has 3 aromatic heterocycles. The third-order valence-electron chi connectivity index (χ3n) is 3.13. The van der Waals surface area contributed by atoms with E-state index in [0.717, 1.165) is 4.70 Å². The van der Waals surface area contributed by atoms with E-state index in [1.807, 2.05) is 0 Å². The summed E-state index contributed by atoms with van der Waals surface area (Å²) in [5.41, 5.74) is 6.55. The zero-order valence-corrected chi connectivity index (χ0v) is 13.5. The van der Waals surface area contributed by atoms with Crippen LogP contribution in [0.5, 0.6) is 0 Å². The Morgan fingerprint density at radius 3 is 3.08 bits per heavy atom. The molecule has 0 saturated heterocycles. The molecule has 0 radical (unpaired) electrons. The Bertz CT molecular complexity index is 958. The minimum absolute atomic E-state index is 0.0904. The highest BCUT2D eigenvalue weighted by Gasteiger charge is 2.16. The van der Waals surface area contributed by atoms with Gasteiger partial charge >= 0.3 is 0 Å². The zero-order valence-electron chi connectivity index (χ0n) is 11.9. The van der Waals surface area contributed by atoms with Gasteiger partial charge in [-0.25, -0.2) is 20.0 Å². The molecule has 3 aromatic rings. The van der Waals surface area contributed by atoms with Gasteiger partial charge in [0.1, 0.15) is 0 Å². The van der Waals surface area contributed by atoms with Gasteiger partial charge in [-0.15, -0.1) is 16.9 Å². The molecular weight excluding hydrogens is 352 g/mol. The normalized spacial score (nSPS) is 13.3. The first-order valence-corrected chi connectivity index (χ1v) is 7.98. The fourth-order valence-electron chi connectivity index (χ4n) is 2.07. The van der Waals surface area contributed by atoms with E-state index in [2.05, 4.69) is 36.2 Å². The van der Waals surface area contributed by atoms with E-state index in [-0.39, 0.29) is 17.1 Å². The quantitative estimate of drug-likeness (QED) is 0.605. The van der Waals surface area contributed by atoms with Gasteiger partial charge < -0.3 is 5.43 Å². The van der Waals surface area contributed by atoms with Crippen molar-refractivity contribution in [3.63, 3.8) is 0 Å². The van der Waals surface area contributed by atoms with Gasteiger partial charge in [-0.05, 0) is 11.6 Å². The number of thiophene rings is 1. The van der Waals surface area contributed by atoms with Gasteiger partial charge in [0.25, 0.3) is 5.91 Å². The predicted octanol–water partition coefficient (Wildman–Crippen LogP) is 1.69. The first kappa shape index (κ1) is 14.8. The second-order valence-corrected chi connectivity index (χ2v) is 5.89. The molecule has 4 heterocycles. The van der Waals surface area contributed by atoms with Crippen LogP contribution in [-0.2, 0) is 0 Å². The van der Waals surface area contributed by atoms with Gasteiger partial charge in [0.15, 0.2) is 5.82 Å². The van der Waals surface area contributed by atoms with Crippen LogP contribution in [-0.4, -0.2) is 25.8 Å². The average Bonchev–Trinajstić information content (AvgIpc) is 3.24. The number of fused-ring (bicyclic) bond motifs is 1. The number of aromatic nitrogens is 4. The zero-order chi connectivity index (χ0) is 16.5. The Kier molecular flexibility index (Phi) is 3.69. The highest BCUT2D eigenvalue weighted by Crippen LogP contribution is 2.25. The van der Waals surface area contributed by atoms with Crippen LogP contribution in [0, 0.1) is 0 Å². The molecule has 0 aromatic carbocycles. The maximum absolute atomic E-state index is 12.5. The second-order valence-electron chi connectivity index (χ2n) is 4.64. The first-order chi connectivity index (χ1) is 11.7. The van der Waals surface area contributed by atoms with Gasteiger partial charge in [0.05, 0.1) is 15.8 Å². The van der Waals surface area contributed by atoms with E-state index in [4.69, 9.17) is 11.6 Å². The molecule has 1 amide bonds. The number of carbonyl (C=O) groups is 1. The van der Waals surface area contributed by atoms with Crippen molar-refractivity contribution in [2.45, 2.75) is 0 Å². The maximum Gasteiger partial charge on any atom is 0.261 e. The molecule has 0 fully saturated rings. The van der Waals surface area contributed by atoms with Crippen LogP contribution in [0.2, 0.25) is 5.28 Å². The van der Waals surface area contributed by atoms with Crippen molar-refractivity contribution < 1.29 is 4.79 Å². The number of hydrazine groups is 2. The van der Waals surface area contributed by atoms with Crippen molar-refractivity contribution in [1.29, 1.82) is 0 Å². The maximum atomic E-state index is 12.5. The van der Waals surface area contributed by atoms with Crippen molar-refractivity contribution >= 4 is 50.8 Å². The lowest BCUT2D eigenvalue weighted by Crippen LogP contribution is -2.36. The smallest absolute Gasteiger partial charge is 0.261 e. The Morgan fingerprint density at radius 1 is 1.33 bits per heavy atom. The van der Waals surface area contributed by atoms with Crippen LogP contribution in [0.1, 0.15) is 10.4 Å². The van der Waals surface area contributed by atoms with Crippen molar-refractivity contribution in [2.24, 2.45) is 0 Å². The van der Waals surface area contributed by atoms with Gasteiger partial charge in [0, 0.05) is 36.2 Å². The molecule has 1 aliphatic heterocycles. The second kappa shape index (κ2) is 6.00. The number of nitrogens with one attached hydrogen (secondary N) is 3. The summed E-state index contributed by atoms with van der Waals surface area (Å²) in [5.74, 6) is 0.386. The molecule has 120 valence electrons. The standard InChI is InChI=1S/C13H9ClN8OS/c14-12-16-5-8-10(19-12)7(6-24-8)11(23)20-13-15-2-1-9(18-13)22-4-3-17-21-22/h1-6,17,21H,(H,15,18,20,23). The average molecular weight is 361 g/mol. The van der Waals surface area contributed by atoms with Gasteiger partial charge in [-0.3, -0.25) is 10.1 Å². The summed E-state index contributed by atoms with van der Waals surface area (Å²) >= 11 is 7.17. The van der Waals surface area contributed by atoms with Crippen molar-refractivity contribution in [1.82, 2.24) is 30.9 Å². The molecule has 0 spiro atoms. The minimum atomic E-state index is -0.365. The van der Waals surface area contributed by atoms with E-state index in [1.165, 1.54) is 11.3 Å². The highest BCUT2D eigenvalue weighted by molar-refractivity contribution is 7.17. The summed E-state index contributed by atoms with van der Waals surface area (Å²) in [6.07, 6.45) is 6.60. The summed E-state index contributed by atoms with van der Waals surface area (Å²) in [6.45, 7) is 0. The Balaban J connectivity index is 1.60. The monoisotopic (exact) mass is 360 g/mol. The molecule has 0 atom stereocenters. The molecule has 0 bridgehead atoms. The van der Waals surface area contributed by atoms with E-state index in [9.17, 15) is 4.79 Å². The van der Waals surface area contributed by atoms with Crippen molar-refractivity contribution in [3.05, 3.63) is 47.1 Å². The minimum Gasteiger partial charge on any atom is -0.309 e.